The van der Waals surface area contributed by atoms with Crippen molar-refractivity contribution in [3.8, 4) is 22.5 Å². The van der Waals surface area contributed by atoms with Crippen LogP contribution in [-0.4, -0.2) is 38.4 Å². The van der Waals surface area contributed by atoms with Crippen LogP contribution in [0.3, 0.4) is 0 Å². The Morgan fingerprint density at radius 3 is 1.62 bits per heavy atom. The minimum atomic E-state index is -0.886. The van der Waals surface area contributed by atoms with E-state index in [1.165, 1.54) is 0 Å². The quantitative estimate of drug-likeness (QED) is 0.135. The highest BCUT2D eigenvalue weighted by Gasteiger charge is 2.56. The van der Waals surface area contributed by atoms with Crippen molar-refractivity contribution in [2.24, 2.45) is 23.7 Å². The van der Waals surface area contributed by atoms with Gasteiger partial charge in [-0.2, -0.15) is 0 Å². The highest BCUT2D eigenvalue weighted by molar-refractivity contribution is 9.10. The number of carbonyl (C=O) groups is 1. The molecule has 6 aliphatic rings. The van der Waals surface area contributed by atoms with Gasteiger partial charge in [0.1, 0.15) is 39.3 Å². The fourth-order valence-electron chi connectivity index (χ4n) is 10.9. The number of benzene rings is 3. The molecule has 0 radical (unpaired) electrons. The Morgan fingerprint density at radius 2 is 1.14 bits per heavy atom. The first-order chi connectivity index (χ1) is 31.0. The molecule has 0 amide bonds. The minimum absolute atomic E-state index is 0.0535. The van der Waals surface area contributed by atoms with Gasteiger partial charge in [-0.25, -0.2) is 4.98 Å². The molecule has 6 aromatic rings. The normalized spacial score (nSPS) is 27.3. The SMILES string of the molecule is O=C1[C@@H]2CC[C@H]1CC(OCc1c(-c3c(Cl)cccc3Cl)noc1C1CC1)C2.OC1(c2nc3ccc(Br)cc3s2)[C@@H]2CC[C@H]1CC(OCc1c(-c3c(Cl)cccc3Cl)noc1C1CC1)C2. The van der Waals surface area contributed by atoms with Crippen LogP contribution >= 0.6 is 73.7 Å². The van der Waals surface area contributed by atoms with Crippen LogP contribution in [0, 0.1) is 23.7 Å². The molecule has 12 rings (SSSR count). The molecular formula is C49H46BrCl4N3O6S. The third-order valence-corrected chi connectivity index (χ3v) is 17.4. The Morgan fingerprint density at radius 1 is 0.672 bits per heavy atom. The molecule has 6 aliphatic carbocycles. The van der Waals surface area contributed by atoms with Gasteiger partial charge in [0.25, 0.3) is 0 Å². The molecule has 3 aromatic carbocycles. The number of rotatable bonds is 11. The summed E-state index contributed by atoms with van der Waals surface area (Å²) in [6.45, 7) is 0.814. The van der Waals surface area contributed by atoms with Crippen molar-refractivity contribution < 1.29 is 28.4 Å². The lowest BCUT2D eigenvalue weighted by atomic mass is 9.73. The van der Waals surface area contributed by atoms with E-state index in [4.69, 9.17) is 69.9 Å². The number of Topliss-reactive ketones (excluding diaryl/α,β-unsaturated/α-hetero) is 1. The van der Waals surface area contributed by atoms with Gasteiger partial charge in [0.05, 0.1) is 55.7 Å². The van der Waals surface area contributed by atoms with Crippen LogP contribution in [0.2, 0.25) is 20.1 Å². The van der Waals surface area contributed by atoms with Gasteiger partial charge in [-0.05, 0) is 131 Å². The maximum atomic E-state index is 12.1. The summed E-state index contributed by atoms with van der Waals surface area (Å²) >= 11 is 31.0. The molecule has 334 valence electrons. The zero-order valence-corrected chi connectivity index (χ0v) is 40.3. The molecule has 0 aliphatic heterocycles. The number of carbonyl (C=O) groups excluding carboxylic acids is 1. The maximum Gasteiger partial charge on any atom is 0.145 e. The minimum Gasteiger partial charge on any atom is -0.382 e. The van der Waals surface area contributed by atoms with Crippen LogP contribution in [-0.2, 0) is 33.1 Å². The van der Waals surface area contributed by atoms with Gasteiger partial charge in [-0.3, -0.25) is 4.79 Å². The smallest absolute Gasteiger partial charge is 0.145 e. The van der Waals surface area contributed by atoms with Crippen molar-refractivity contribution in [3.05, 3.63) is 107 Å². The molecule has 15 heteroatoms. The number of fused-ring (bicyclic) bond motifs is 5. The van der Waals surface area contributed by atoms with E-state index in [1.807, 2.05) is 48.5 Å². The number of hydrogen-bond acceptors (Lipinski definition) is 10. The lowest BCUT2D eigenvalue weighted by Crippen LogP contribution is -2.44. The van der Waals surface area contributed by atoms with Crippen molar-refractivity contribution >= 4 is 89.7 Å². The maximum absolute atomic E-state index is 12.1. The number of halogens is 5. The Kier molecular flexibility index (Phi) is 12.1. The van der Waals surface area contributed by atoms with Gasteiger partial charge in [0.2, 0.25) is 0 Å². The Labute approximate surface area is 403 Å². The predicted molar refractivity (Wildman–Crippen MR) is 252 cm³/mol. The number of ketones is 1. The van der Waals surface area contributed by atoms with E-state index >= 15 is 0 Å². The average Bonchev–Trinajstić information content (AvgIpc) is 4.16. The summed E-state index contributed by atoms with van der Waals surface area (Å²) < 4.78 is 26.5. The number of ether oxygens (including phenoxy) is 2. The predicted octanol–water partition coefficient (Wildman–Crippen LogP) is 14.3. The first-order valence-corrected chi connectivity index (χ1v) is 25.6. The van der Waals surface area contributed by atoms with E-state index in [2.05, 4.69) is 32.3 Å². The van der Waals surface area contributed by atoms with Crippen LogP contribution < -0.4 is 0 Å². The fraction of sp³-hybridized carbons (Fsp3) is 0.469. The first kappa shape index (κ1) is 43.7. The van der Waals surface area contributed by atoms with Gasteiger partial charge in [0.15, 0.2) is 0 Å². The molecule has 3 unspecified atom stereocenters. The summed E-state index contributed by atoms with van der Waals surface area (Å²) in [5, 5.41) is 23.7. The summed E-state index contributed by atoms with van der Waals surface area (Å²) in [5.41, 5.74) is 4.72. The number of aliphatic hydroxyl groups is 1. The van der Waals surface area contributed by atoms with Gasteiger partial charge in [0, 0.05) is 50.4 Å². The fourth-order valence-corrected chi connectivity index (χ4v) is 13.8. The van der Waals surface area contributed by atoms with Crippen molar-refractivity contribution in [2.75, 3.05) is 0 Å². The van der Waals surface area contributed by atoms with Gasteiger partial charge < -0.3 is 23.6 Å². The van der Waals surface area contributed by atoms with E-state index in [9.17, 15) is 9.90 Å². The Balaban J connectivity index is 0.000000150. The standard InChI is InChI=1S/C28H25BrCl2N2O3S.C21H21Cl2NO3/c29-17-8-9-22-23(12-17)37-27(32-22)28(34)15-6-7-16(28)11-18(10-15)35-13-19-25(33-36-26(19)14-4-5-14)24-20(30)2-1-3-21(24)31;22-16-2-1-3-17(23)18(16)19-15(21(27-24-19)11-4-5-11)10-26-14-8-12-6-7-13(9-14)20(12)25/h1-3,8-9,12,14-16,18,34H,4-7,10-11,13H2;1-3,11-14H,4-10H2/t15-,16+,18?,28?;12-,13+,14?. The third kappa shape index (κ3) is 8.21. The van der Waals surface area contributed by atoms with E-state index in [0.29, 0.717) is 73.4 Å². The second-order valence-corrected chi connectivity index (χ2v) is 22.2. The van der Waals surface area contributed by atoms with Crippen LogP contribution in [0.15, 0.2) is 68.1 Å². The lowest BCUT2D eigenvalue weighted by Gasteiger charge is -2.41. The first-order valence-electron chi connectivity index (χ1n) is 22.4. The average molecular weight is 1030 g/mol. The molecule has 0 saturated heterocycles. The van der Waals surface area contributed by atoms with E-state index in [0.717, 1.165) is 119 Å². The second kappa shape index (κ2) is 17.7. The van der Waals surface area contributed by atoms with Gasteiger partial charge in [-0.1, -0.05) is 84.8 Å². The highest BCUT2D eigenvalue weighted by atomic mass is 79.9. The van der Waals surface area contributed by atoms with Gasteiger partial charge in [-0.15, -0.1) is 11.3 Å². The van der Waals surface area contributed by atoms with Crippen LogP contribution in [0.5, 0.6) is 0 Å². The Bertz CT molecular complexity index is 2680. The van der Waals surface area contributed by atoms with Crippen LogP contribution in [0.25, 0.3) is 32.7 Å². The molecule has 64 heavy (non-hydrogen) atoms. The molecule has 6 saturated carbocycles. The largest absolute Gasteiger partial charge is 0.382 e. The number of hydrogen-bond donors (Lipinski definition) is 1. The molecule has 6 fully saturated rings. The topological polar surface area (TPSA) is 121 Å². The molecule has 3 heterocycles. The number of nitrogens with zero attached hydrogens (tertiary/aromatic N) is 3. The number of aromatic nitrogens is 3. The van der Waals surface area contributed by atoms with Gasteiger partial charge >= 0.3 is 0 Å². The molecular weight excluding hydrogens is 980 g/mol. The molecule has 0 spiro atoms. The summed E-state index contributed by atoms with van der Waals surface area (Å²) in [6, 6.07) is 17.0. The molecule has 9 nitrogen and oxygen atoms in total. The zero-order chi connectivity index (χ0) is 43.9. The van der Waals surface area contributed by atoms with Crippen LogP contribution in [0.1, 0.15) is 117 Å². The summed E-state index contributed by atoms with van der Waals surface area (Å²) in [5.74, 6) is 3.67. The summed E-state index contributed by atoms with van der Waals surface area (Å²) in [7, 11) is 0. The molecule has 7 atom stereocenters. The van der Waals surface area contributed by atoms with E-state index in [1.54, 1.807) is 11.3 Å². The van der Waals surface area contributed by atoms with Crippen molar-refractivity contribution in [3.63, 3.8) is 0 Å². The lowest BCUT2D eigenvalue weighted by molar-refractivity contribution is -0.130. The highest BCUT2D eigenvalue weighted by Crippen LogP contribution is 2.57. The Hall–Kier alpha value is -2.84. The third-order valence-electron chi connectivity index (χ3n) is 14.5. The molecule has 3 aromatic heterocycles. The second-order valence-electron chi connectivity index (χ2n) is 18.6. The number of thiazole rings is 1. The van der Waals surface area contributed by atoms with Crippen LogP contribution in [0.4, 0.5) is 0 Å². The summed E-state index contributed by atoms with van der Waals surface area (Å²) in [6.07, 6.45) is 11.9. The van der Waals surface area contributed by atoms with Crippen molar-refractivity contribution in [1.82, 2.24) is 15.3 Å². The van der Waals surface area contributed by atoms with E-state index in [-0.39, 0.29) is 35.9 Å². The zero-order valence-electron chi connectivity index (χ0n) is 34.8. The van der Waals surface area contributed by atoms with Crippen molar-refractivity contribution in [2.45, 2.75) is 120 Å². The molecule has 4 bridgehead atoms. The molecule has 1 N–H and O–H groups in total. The van der Waals surface area contributed by atoms with E-state index < -0.39 is 5.60 Å². The van der Waals surface area contributed by atoms with Crippen molar-refractivity contribution in [1.29, 1.82) is 0 Å². The monoisotopic (exact) mass is 1020 g/mol. The summed E-state index contributed by atoms with van der Waals surface area (Å²) in [4.78, 5) is 17.0.